The van der Waals surface area contributed by atoms with E-state index in [1.807, 2.05) is 6.92 Å². The van der Waals surface area contributed by atoms with Gasteiger partial charge in [0.05, 0.1) is 16.8 Å². The van der Waals surface area contributed by atoms with E-state index in [0.717, 1.165) is 17.3 Å². The van der Waals surface area contributed by atoms with Crippen LogP contribution in [0.5, 0.6) is 5.75 Å². The lowest BCUT2D eigenvalue weighted by Crippen LogP contribution is -2.25. The number of nitrogens with one attached hydrogen (secondary N) is 1. The molecule has 0 saturated carbocycles. The monoisotopic (exact) mass is 367 g/mol. The fraction of sp³-hybridized carbons (Fsp3) is 0.267. The molecule has 0 saturated heterocycles. The minimum absolute atomic E-state index is 0.0435. The number of sulfonamides is 1. The van der Waals surface area contributed by atoms with Crippen molar-refractivity contribution in [2.24, 2.45) is 0 Å². The Labute approximate surface area is 143 Å². The molecule has 0 aliphatic heterocycles. The minimum atomic E-state index is -3.74. The van der Waals surface area contributed by atoms with Gasteiger partial charge < -0.3 is 10.2 Å². The van der Waals surface area contributed by atoms with Crippen molar-refractivity contribution in [3.63, 3.8) is 0 Å². The molecule has 10 heteroatoms. The maximum atomic E-state index is 12.3. The molecule has 0 bridgehead atoms. The predicted molar refractivity (Wildman–Crippen MR) is 88.6 cm³/mol. The third kappa shape index (κ3) is 4.22. The molecule has 2 rings (SSSR count). The van der Waals surface area contributed by atoms with Crippen LogP contribution < -0.4 is 10.2 Å². The molecule has 0 atom stereocenters. The van der Waals surface area contributed by atoms with Gasteiger partial charge in [0.2, 0.25) is 15.7 Å². The Morgan fingerprint density at radius 3 is 2.72 bits per heavy atom. The molecule has 2 aromatic rings. The number of rotatable bonds is 7. The Hall–Kier alpha value is -2.72. The summed E-state index contributed by atoms with van der Waals surface area (Å²) >= 11 is 0. The average Bonchev–Trinajstić information content (AvgIpc) is 2.57. The minimum Gasteiger partial charge on any atom is -0.503 e. The zero-order valence-corrected chi connectivity index (χ0v) is 14.2. The Morgan fingerprint density at radius 2 is 2.08 bits per heavy atom. The molecule has 0 amide bonds. The fourth-order valence-corrected chi connectivity index (χ4v) is 3.12. The largest absolute Gasteiger partial charge is 0.503 e. The van der Waals surface area contributed by atoms with Crippen LogP contribution in [0.15, 0.2) is 40.2 Å². The second kappa shape index (κ2) is 7.45. The highest BCUT2D eigenvalue weighted by molar-refractivity contribution is 7.89. The third-order valence-corrected chi connectivity index (χ3v) is 4.78. The van der Waals surface area contributed by atoms with E-state index in [1.54, 1.807) is 0 Å². The smallest absolute Gasteiger partial charge is 0.360 e. The van der Waals surface area contributed by atoms with Crippen LogP contribution in [-0.4, -0.2) is 40.9 Å². The van der Waals surface area contributed by atoms with Gasteiger partial charge in [-0.25, -0.2) is 22.6 Å². The number of carbonyl (C=O) groups is 1. The van der Waals surface area contributed by atoms with Crippen LogP contribution in [0.25, 0.3) is 5.69 Å². The lowest BCUT2D eigenvalue weighted by Gasteiger charge is -2.10. The molecule has 1 aromatic carbocycles. The molecule has 0 aliphatic carbocycles. The van der Waals surface area contributed by atoms with Gasteiger partial charge in [0.1, 0.15) is 0 Å². The van der Waals surface area contributed by atoms with E-state index in [9.17, 15) is 23.1 Å². The number of nitrogens with zero attached hydrogens (tertiary/aromatic N) is 2. The highest BCUT2D eigenvalue weighted by atomic mass is 32.2. The summed E-state index contributed by atoms with van der Waals surface area (Å²) in [5.74, 6) is -2.40. The number of hydrogen-bond acceptors (Lipinski definition) is 6. The molecular weight excluding hydrogens is 350 g/mol. The molecule has 0 unspecified atom stereocenters. The molecule has 0 radical (unpaired) electrons. The standard InChI is InChI=1S/C15H17N3O6S/c1-2-3-7-16-25(23,24)11-6-4-5-10(8-11)18-9-12(19)14(20)13(17-18)15(21)22/h4-6,8-9,16,19H,2-3,7H2,1H3,(H,21,22). The number of aromatic hydroxyl groups is 1. The van der Waals surface area contributed by atoms with Gasteiger partial charge in [0.25, 0.3) is 5.43 Å². The number of unbranched alkanes of at least 4 members (excludes halogenated alkanes) is 1. The number of carboxylic acid groups (broad SMARTS) is 1. The van der Waals surface area contributed by atoms with Crippen molar-refractivity contribution in [3.05, 3.63) is 46.4 Å². The molecule has 134 valence electrons. The summed E-state index contributed by atoms with van der Waals surface area (Å²) in [7, 11) is -3.74. The van der Waals surface area contributed by atoms with Crippen molar-refractivity contribution in [2.75, 3.05) is 6.54 Å². The Balaban J connectivity index is 2.46. The first-order valence-corrected chi connectivity index (χ1v) is 8.91. The van der Waals surface area contributed by atoms with Crippen molar-refractivity contribution in [2.45, 2.75) is 24.7 Å². The van der Waals surface area contributed by atoms with E-state index >= 15 is 0 Å². The molecular formula is C15H17N3O6S. The van der Waals surface area contributed by atoms with Gasteiger partial charge in [0, 0.05) is 6.54 Å². The average molecular weight is 367 g/mol. The van der Waals surface area contributed by atoms with Crippen LogP contribution in [-0.2, 0) is 10.0 Å². The van der Waals surface area contributed by atoms with Gasteiger partial charge in [-0.2, -0.15) is 5.10 Å². The molecule has 1 heterocycles. The summed E-state index contributed by atoms with van der Waals surface area (Å²) in [6.45, 7) is 2.23. The summed E-state index contributed by atoms with van der Waals surface area (Å²) < 4.78 is 27.9. The molecule has 9 nitrogen and oxygen atoms in total. The van der Waals surface area contributed by atoms with Gasteiger partial charge in [-0.05, 0) is 24.6 Å². The van der Waals surface area contributed by atoms with Crippen LogP contribution in [0, 0.1) is 0 Å². The van der Waals surface area contributed by atoms with E-state index in [-0.39, 0.29) is 10.6 Å². The second-order valence-electron chi connectivity index (χ2n) is 5.19. The van der Waals surface area contributed by atoms with Gasteiger partial charge in [0.15, 0.2) is 5.75 Å². The predicted octanol–water partition coefficient (Wildman–Crippen LogP) is 0.715. The van der Waals surface area contributed by atoms with Crippen LogP contribution >= 0.6 is 0 Å². The van der Waals surface area contributed by atoms with E-state index < -0.39 is 32.9 Å². The van der Waals surface area contributed by atoms with Gasteiger partial charge in [-0.15, -0.1) is 0 Å². The lowest BCUT2D eigenvalue weighted by molar-refractivity contribution is 0.0686. The number of aromatic nitrogens is 2. The Morgan fingerprint density at radius 1 is 1.36 bits per heavy atom. The maximum Gasteiger partial charge on any atom is 0.360 e. The van der Waals surface area contributed by atoms with Crippen LogP contribution in [0.1, 0.15) is 30.3 Å². The summed E-state index contributed by atoms with van der Waals surface area (Å²) in [6, 6.07) is 5.55. The summed E-state index contributed by atoms with van der Waals surface area (Å²) in [6.07, 6.45) is 2.45. The van der Waals surface area contributed by atoms with Crippen molar-refractivity contribution in [3.8, 4) is 11.4 Å². The normalized spacial score (nSPS) is 11.4. The van der Waals surface area contributed by atoms with Crippen molar-refractivity contribution in [1.29, 1.82) is 0 Å². The SMILES string of the molecule is CCCCNS(=O)(=O)c1cccc(-n2cc(O)c(=O)c(C(=O)O)n2)c1. The van der Waals surface area contributed by atoms with Crippen LogP contribution in [0.3, 0.4) is 0 Å². The molecule has 3 N–H and O–H groups in total. The number of benzene rings is 1. The molecule has 0 aliphatic rings. The maximum absolute atomic E-state index is 12.3. The molecule has 0 fully saturated rings. The van der Waals surface area contributed by atoms with Crippen molar-refractivity contribution < 1.29 is 23.4 Å². The molecule has 0 spiro atoms. The van der Waals surface area contributed by atoms with E-state index in [4.69, 9.17) is 5.11 Å². The van der Waals surface area contributed by atoms with E-state index in [2.05, 4.69) is 9.82 Å². The van der Waals surface area contributed by atoms with Crippen LogP contribution in [0.4, 0.5) is 0 Å². The lowest BCUT2D eigenvalue weighted by atomic mass is 10.3. The summed E-state index contributed by atoms with van der Waals surface area (Å²) in [5.41, 5.74) is -1.81. The zero-order valence-electron chi connectivity index (χ0n) is 13.3. The van der Waals surface area contributed by atoms with Gasteiger partial charge >= 0.3 is 5.97 Å². The van der Waals surface area contributed by atoms with E-state index in [1.165, 1.54) is 24.3 Å². The van der Waals surface area contributed by atoms with Crippen molar-refractivity contribution >= 4 is 16.0 Å². The highest BCUT2D eigenvalue weighted by Crippen LogP contribution is 2.15. The zero-order chi connectivity index (χ0) is 18.6. The molecule has 1 aromatic heterocycles. The third-order valence-electron chi connectivity index (χ3n) is 3.32. The van der Waals surface area contributed by atoms with Gasteiger partial charge in [-0.3, -0.25) is 4.79 Å². The first kappa shape index (κ1) is 18.6. The van der Waals surface area contributed by atoms with Gasteiger partial charge in [-0.1, -0.05) is 19.4 Å². The Bertz CT molecular complexity index is 952. The second-order valence-corrected chi connectivity index (χ2v) is 6.96. The summed E-state index contributed by atoms with van der Waals surface area (Å²) in [5, 5.41) is 22.2. The first-order chi connectivity index (χ1) is 11.8. The molecule has 25 heavy (non-hydrogen) atoms. The first-order valence-electron chi connectivity index (χ1n) is 7.42. The van der Waals surface area contributed by atoms with Crippen molar-refractivity contribution in [1.82, 2.24) is 14.5 Å². The topological polar surface area (TPSA) is 139 Å². The summed E-state index contributed by atoms with van der Waals surface area (Å²) in [4.78, 5) is 22.5. The number of aromatic carboxylic acids is 1. The van der Waals surface area contributed by atoms with E-state index in [0.29, 0.717) is 13.0 Å². The number of carboxylic acids is 1. The van der Waals surface area contributed by atoms with Crippen LogP contribution in [0.2, 0.25) is 0 Å². The quantitative estimate of drug-likeness (QED) is 0.613. The number of hydrogen-bond donors (Lipinski definition) is 3. The highest BCUT2D eigenvalue weighted by Gasteiger charge is 2.18. The Kier molecular flexibility index (Phi) is 5.55. The fourth-order valence-electron chi connectivity index (χ4n) is 2.01.